The highest BCUT2D eigenvalue weighted by Gasteiger charge is 2.49. The van der Waals surface area contributed by atoms with Crippen LogP contribution in [0.3, 0.4) is 0 Å². The van der Waals surface area contributed by atoms with Crippen molar-refractivity contribution in [1.82, 2.24) is 9.80 Å². The Morgan fingerprint density at radius 1 is 1.36 bits per heavy atom. The van der Waals surface area contributed by atoms with Crippen molar-refractivity contribution in [3.05, 3.63) is 39.7 Å². The SMILES string of the molecule is CCCN(CC[C@H](C)c1ccc([N+](=O)[O-])cc1F)C1CCN(C(=O)OC(C)(C)C)CC1(F)F. The van der Waals surface area contributed by atoms with Gasteiger partial charge < -0.3 is 9.64 Å². The van der Waals surface area contributed by atoms with Crippen molar-refractivity contribution >= 4 is 11.8 Å². The van der Waals surface area contributed by atoms with Gasteiger partial charge in [0, 0.05) is 12.6 Å². The first-order valence-electron chi connectivity index (χ1n) is 11.3. The quantitative estimate of drug-likeness (QED) is 0.364. The zero-order chi connectivity index (χ0) is 25.0. The van der Waals surface area contributed by atoms with Gasteiger partial charge in [0.15, 0.2) is 0 Å². The number of hydrogen-bond acceptors (Lipinski definition) is 5. The fraction of sp³-hybridized carbons (Fsp3) is 0.696. The molecule has 1 unspecified atom stereocenters. The Bertz CT molecular complexity index is 845. The van der Waals surface area contributed by atoms with Crippen LogP contribution in [0.15, 0.2) is 18.2 Å². The average Bonchev–Trinajstić information content (AvgIpc) is 2.69. The smallest absolute Gasteiger partial charge is 0.410 e. The molecule has 1 amide bonds. The number of amides is 1. The predicted octanol–water partition coefficient (Wildman–Crippen LogP) is 5.58. The number of benzene rings is 1. The molecule has 10 heteroatoms. The number of carbonyl (C=O) groups is 1. The summed E-state index contributed by atoms with van der Waals surface area (Å²) in [4.78, 5) is 25.2. The predicted molar refractivity (Wildman–Crippen MR) is 119 cm³/mol. The number of rotatable bonds is 8. The summed E-state index contributed by atoms with van der Waals surface area (Å²) in [5.41, 5.74) is -0.767. The first-order valence-corrected chi connectivity index (χ1v) is 11.3. The van der Waals surface area contributed by atoms with E-state index in [9.17, 15) is 19.3 Å². The summed E-state index contributed by atoms with van der Waals surface area (Å²) in [6.07, 6.45) is 0.441. The van der Waals surface area contributed by atoms with E-state index in [1.807, 2.05) is 6.92 Å². The van der Waals surface area contributed by atoms with E-state index in [4.69, 9.17) is 4.74 Å². The second-order valence-electron chi connectivity index (χ2n) is 9.66. The van der Waals surface area contributed by atoms with Gasteiger partial charge in [-0.2, -0.15) is 0 Å². The number of nitrogens with zero attached hydrogens (tertiary/aromatic N) is 3. The third kappa shape index (κ3) is 7.31. The van der Waals surface area contributed by atoms with Gasteiger partial charge in [-0.1, -0.05) is 13.8 Å². The molecule has 1 aliphatic heterocycles. The Balaban J connectivity index is 2.06. The van der Waals surface area contributed by atoms with E-state index in [0.29, 0.717) is 31.5 Å². The van der Waals surface area contributed by atoms with Crippen LogP contribution in [-0.2, 0) is 4.74 Å². The second-order valence-corrected chi connectivity index (χ2v) is 9.66. The molecule has 7 nitrogen and oxygen atoms in total. The highest BCUT2D eigenvalue weighted by Crippen LogP contribution is 2.33. The third-order valence-electron chi connectivity index (χ3n) is 5.74. The summed E-state index contributed by atoms with van der Waals surface area (Å²) in [6.45, 7) is 8.97. The topological polar surface area (TPSA) is 75.9 Å². The molecule has 0 spiro atoms. The normalized spacial score (nSPS) is 19.4. The molecule has 33 heavy (non-hydrogen) atoms. The van der Waals surface area contributed by atoms with Gasteiger partial charge in [-0.3, -0.25) is 15.0 Å². The van der Waals surface area contributed by atoms with Crippen molar-refractivity contribution in [1.29, 1.82) is 0 Å². The highest BCUT2D eigenvalue weighted by atomic mass is 19.3. The van der Waals surface area contributed by atoms with Crippen LogP contribution in [0.4, 0.5) is 23.7 Å². The van der Waals surface area contributed by atoms with Crippen molar-refractivity contribution < 1.29 is 27.6 Å². The lowest BCUT2D eigenvalue weighted by Crippen LogP contribution is -2.60. The number of carbonyl (C=O) groups excluding carboxylic acids is 1. The Hall–Kier alpha value is -2.36. The van der Waals surface area contributed by atoms with E-state index in [-0.39, 0.29) is 24.6 Å². The number of likely N-dealkylation sites (tertiary alicyclic amines) is 1. The molecule has 186 valence electrons. The molecule has 1 saturated heterocycles. The molecule has 0 saturated carbocycles. The van der Waals surface area contributed by atoms with Crippen molar-refractivity contribution in [2.45, 2.75) is 77.4 Å². The van der Waals surface area contributed by atoms with E-state index < -0.39 is 40.9 Å². The van der Waals surface area contributed by atoms with E-state index in [0.717, 1.165) is 11.0 Å². The molecule has 0 aliphatic carbocycles. The number of piperidine rings is 1. The fourth-order valence-electron chi connectivity index (χ4n) is 4.12. The molecule has 0 aromatic heterocycles. The minimum atomic E-state index is -3.12. The number of nitro benzene ring substituents is 1. The average molecular weight is 474 g/mol. The van der Waals surface area contributed by atoms with Crippen LogP contribution in [0.2, 0.25) is 0 Å². The molecule has 0 radical (unpaired) electrons. The molecule has 1 aliphatic rings. The molecule has 1 aromatic carbocycles. The third-order valence-corrected chi connectivity index (χ3v) is 5.74. The van der Waals surface area contributed by atoms with Crippen LogP contribution in [0.5, 0.6) is 0 Å². The molecular weight excluding hydrogens is 439 g/mol. The highest BCUT2D eigenvalue weighted by molar-refractivity contribution is 5.68. The summed E-state index contributed by atoms with van der Waals surface area (Å²) in [6, 6.07) is 2.48. The summed E-state index contributed by atoms with van der Waals surface area (Å²) in [7, 11) is 0. The molecule has 0 N–H and O–H groups in total. The lowest BCUT2D eigenvalue weighted by molar-refractivity contribution is -0.385. The summed E-state index contributed by atoms with van der Waals surface area (Å²) >= 11 is 0. The monoisotopic (exact) mass is 473 g/mol. The zero-order valence-corrected chi connectivity index (χ0v) is 19.9. The van der Waals surface area contributed by atoms with Gasteiger partial charge in [0.2, 0.25) is 0 Å². The molecule has 1 heterocycles. The van der Waals surface area contributed by atoms with Crippen molar-refractivity contribution in [2.24, 2.45) is 0 Å². The summed E-state index contributed by atoms with van der Waals surface area (Å²) < 4.78 is 49.8. The zero-order valence-electron chi connectivity index (χ0n) is 19.9. The van der Waals surface area contributed by atoms with Gasteiger partial charge in [-0.25, -0.2) is 18.0 Å². The van der Waals surface area contributed by atoms with Crippen molar-refractivity contribution in [3.8, 4) is 0 Å². The maximum Gasteiger partial charge on any atom is 0.410 e. The molecule has 2 atom stereocenters. The van der Waals surface area contributed by atoms with Gasteiger partial charge >= 0.3 is 6.09 Å². The number of halogens is 3. The largest absolute Gasteiger partial charge is 0.444 e. The standard InChI is InChI=1S/C23H34F3N3O4/c1-6-11-27(12-9-16(2)18-8-7-17(29(31)32)14-19(18)24)20-10-13-28(15-23(20,25)26)21(30)33-22(3,4)5/h7-8,14,16,20H,6,9-13,15H2,1-5H3/t16-,20?/m0/s1. The molecule has 1 fully saturated rings. The summed E-state index contributed by atoms with van der Waals surface area (Å²) in [5.74, 6) is -4.10. The van der Waals surface area contributed by atoms with Gasteiger partial charge in [0.05, 0.1) is 23.6 Å². The van der Waals surface area contributed by atoms with Crippen LogP contribution < -0.4 is 0 Å². The first-order chi connectivity index (χ1) is 15.2. The fourth-order valence-corrected chi connectivity index (χ4v) is 4.12. The van der Waals surface area contributed by atoms with Gasteiger partial charge in [-0.15, -0.1) is 0 Å². The van der Waals surface area contributed by atoms with E-state index in [2.05, 4.69) is 0 Å². The lowest BCUT2D eigenvalue weighted by Gasteiger charge is -2.44. The second kappa shape index (κ2) is 10.7. The maximum absolute atomic E-state index is 15.1. The van der Waals surface area contributed by atoms with Gasteiger partial charge in [0.1, 0.15) is 11.4 Å². The Kier molecular flexibility index (Phi) is 8.73. The van der Waals surface area contributed by atoms with Crippen LogP contribution in [-0.4, -0.2) is 64.6 Å². The van der Waals surface area contributed by atoms with E-state index in [1.54, 1.807) is 32.6 Å². The Labute approximate surface area is 193 Å². The minimum absolute atomic E-state index is 0.104. The Morgan fingerprint density at radius 2 is 2.03 bits per heavy atom. The lowest BCUT2D eigenvalue weighted by atomic mass is 9.94. The molecule has 0 bridgehead atoms. The summed E-state index contributed by atoms with van der Waals surface area (Å²) in [5, 5.41) is 10.8. The number of nitro groups is 1. The van der Waals surface area contributed by atoms with E-state index in [1.165, 1.54) is 12.1 Å². The number of hydrogen-bond donors (Lipinski definition) is 0. The van der Waals surface area contributed by atoms with Crippen LogP contribution in [0, 0.1) is 15.9 Å². The van der Waals surface area contributed by atoms with Gasteiger partial charge in [0.25, 0.3) is 11.6 Å². The maximum atomic E-state index is 15.1. The van der Waals surface area contributed by atoms with E-state index >= 15 is 8.78 Å². The number of alkyl halides is 2. The van der Waals surface area contributed by atoms with Crippen LogP contribution >= 0.6 is 0 Å². The number of non-ortho nitro benzene ring substituents is 1. The van der Waals surface area contributed by atoms with Gasteiger partial charge in [-0.05, 0) is 70.7 Å². The number of ether oxygens (including phenoxy) is 1. The van der Waals surface area contributed by atoms with Crippen LogP contribution in [0.1, 0.15) is 65.4 Å². The van der Waals surface area contributed by atoms with Crippen molar-refractivity contribution in [3.63, 3.8) is 0 Å². The molecular formula is C23H34F3N3O4. The minimum Gasteiger partial charge on any atom is -0.444 e. The van der Waals surface area contributed by atoms with Crippen LogP contribution in [0.25, 0.3) is 0 Å². The first kappa shape index (κ1) is 26.9. The van der Waals surface area contributed by atoms with Crippen molar-refractivity contribution in [2.75, 3.05) is 26.2 Å². The molecule has 1 aromatic rings. The molecule has 2 rings (SSSR count). The Morgan fingerprint density at radius 3 is 2.55 bits per heavy atom.